The summed E-state index contributed by atoms with van der Waals surface area (Å²) in [4.78, 5) is 48.5. The van der Waals surface area contributed by atoms with Gasteiger partial charge in [0.25, 0.3) is 11.8 Å². The van der Waals surface area contributed by atoms with Crippen molar-refractivity contribution in [2.75, 3.05) is 18.9 Å². The summed E-state index contributed by atoms with van der Waals surface area (Å²) in [6, 6.07) is 3.97. The van der Waals surface area contributed by atoms with Crippen molar-refractivity contribution in [3.63, 3.8) is 0 Å². The third-order valence-electron chi connectivity index (χ3n) is 3.73. The second-order valence-electron chi connectivity index (χ2n) is 5.19. The molecule has 1 aromatic carbocycles. The number of hydrogen-bond acceptors (Lipinski definition) is 5. The van der Waals surface area contributed by atoms with Crippen molar-refractivity contribution in [2.45, 2.75) is 25.8 Å². The van der Waals surface area contributed by atoms with Gasteiger partial charge in [0.2, 0.25) is 5.91 Å². The summed E-state index contributed by atoms with van der Waals surface area (Å²) in [7, 11) is 1.49. The highest BCUT2D eigenvalue weighted by Gasteiger charge is 2.40. The highest BCUT2D eigenvalue weighted by molar-refractivity contribution is 6.22. The summed E-state index contributed by atoms with van der Waals surface area (Å²) in [5.74, 6) is -1.25. The van der Waals surface area contributed by atoms with Crippen LogP contribution in [0.15, 0.2) is 18.2 Å². The molecule has 0 aliphatic carbocycles. The second kappa shape index (κ2) is 7.04. The Bertz CT molecular complexity index is 657. The van der Waals surface area contributed by atoms with Crippen molar-refractivity contribution in [1.82, 2.24) is 10.2 Å². The van der Waals surface area contributed by atoms with Crippen LogP contribution in [0.25, 0.3) is 0 Å². The Morgan fingerprint density at radius 1 is 1.26 bits per heavy atom. The van der Waals surface area contributed by atoms with Gasteiger partial charge in [0, 0.05) is 25.7 Å². The fraction of sp³-hybridized carbons (Fsp3) is 0.375. The molecule has 0 radical (unpaired) electrons. The van der Waals surface area contributed by atoms with Crippen LogP contribution in [-0.2, 0) is 9.59 Å². The van der Waals surface area contributed by atoms with E-state index in [4.69, 9.17) is 0 Å². The first-order valence-corrected chi connectivity index (χ1v) is 7.45. The minimum absolute atomic E-state index is 0.0654. The van der Waals surface area contributed by atoms with Gasteiger partial charge in [-0.1, -0.05) is 0 Å². The average molecular weight is 317 g/mol. The minimum Gasteiger partial charge on any atom is -0.385 e. The molecule has 0 bridgehead atoms. The molecule has 1 atom stereocenters. The molecule has 2 rings (SSSR count). The maximum atomic E-state index is 12.5. The van der Waals surface area contributed by atoms with Crippen molar-refractivity contribution in [2.24, 2.45) is 0 Å². The molecule has 0 spiro atoms. The molecule has 1 aliphatic rings. The number of benzene rings is 1. The van der Waals surface area contributed by atoms with E-state index in [-0.39, 0.29) is 29.9 Å². The van der Waals surface area contributed by atoms with E-state index in [1.165, 1.54) is 7.05 Å². The Hall–Kier alpha value is -2.70. The number of carbonyl (C=O) groups is 4. The fourth-order valence-electron chi connectivity index (χ4n) is 2.54. The second-order valence-corrected chi connectivity index (χ2v) is 5.19. The zero-order valence-electron chi connectivity index (χ0n) is 13.1. The van der Waals surface area contributed by atoms with Crippen molar-refractivity contribution in [3.8, 4) is 0 Å². The van der Waals surface area contributed by atoms with Gasteiger partial charge in [-0.15, -0.1) is 0 Å². The first-order chi connectivity index (χ1) is 11.0. The molecular formula is C16H19N3O4. The largest absolute Gasteiger partial charge is 0.385 e. The van der Waals surface area contributed by atoms with Gasteiger partial charge in [-0.05, 0) is 31.5 Å². The van der Waals surface area contributed by atoms with Gasteiger partial charge in [0.1, 0.15) is 6.29 Å². The minimum atomic E-state index is -0.942. The molecule has 0 saturated heterocycles. The zero-order chi connectivity index (χ0) is 17.0. The lowest BCUT2D eigenvalue weighted by molar-refractivity contribution is -0.121. The third kappa shape index (κ3) is 3.23. The van der Waals surface area contributed by atoms with Crippen LogP contribution in [0.5, 0.6) is 0 Å². The number of nitrogens with zero attached hydrogens (tertiary/aromatic N) is 1. The lowest BCUT2D eigenvalue weighted by atomic mass is 10.1. The lowest BCUT2D eigenvalue weighted by Gasteiger charge is -2.20. The molecular weight excluding hydrogens is 298 g/mol. The van der Waals surface area contributed by atoms with E-state index >= 15 is 0 Å². The van der Waals surface area contributed by atoms with Crippen LogP contribution in [0.1, 0.15) is 40.5 Å². The van der Waals surface area contributed by atoms with Gasteiger partial charge < -0.3 is 15.4 Å². The Morgan fingerprint density at radius 2 is 1.96 bits per heavy atom. The molecule has 0 saturated carbocycles. The van der Waals surface area contributed by atoms with E-state index in [1.54, 1.807) is 18.2 Å². The first-order valence-electron chi connectivity index (χ1n) is 7.45. The van der Waals surface area contributed by atoms with E-state index in [0.29, 0.717) is 12.8 Å². The van der Waals surface area contributed by atoms with Gasteiger partial charge in [-0.25, -0.2) is 0 Å². The quantitative estimate of drug-likeness (QED) is 0.573. The van der Waals surface area contributed by atoms with Crippen LogP contribution in [0, 0.1) is 0 Å². The lowest BCUT2D eigenvalue weighted by Crippen LogP contribution is -2.41. The van der Waals surface area contributed by atoms with E-state index in [0.717, 1.165) is 10.6 Å². The molecule has 1 aliphatic heterocycles. The molecule has 0 fully saturated rings. The van der Waals surface area contributed by atoms with Crippen LogP contribution in [0.4, 0.5) is 5.69 Å². The van der Waals surface area contributed by atoms with Crippen molar-refractivity contribution >= 4 is 29.7 Å². The number of fused-ring (bicyclic) bond motifs is 1. The number of carbonyl (C=O) groups excluding carboxylic acids is 4. The number of aldehydes is 1. The number of anilines is 1. The summed E-state index contributed by atoms with van der Waals surface area (Å²) in [5.41, 5.74) is 1.30. The molecule has 122 valence electrons. The van der Waals surface area contributed by atoms with Gasteiger partial charge >= 0.3 is 0 Å². The van der Waals surface area contributed by atoms with Crippen LogP contribution < -0.4 is 10.6 Å². The van der Waals surface area contributed by atoms with Crippen molar-refractivity contribution < 1.29 is 19.2 Å². The highest BCUT2D eigenvalue weighted by atomic mass is 16.2. The number of imide groups is 1. The standard InChI is InChI=1S/C16H19N3O4/c1-3-18-10-4-6-12-13(8-10)16(23)19(15(12)22)11(9-20)5-7-14(21)17-2/h4,6,8-9,11,18H,3,5,7H2,1-2H3,(H,17,21). The highest BCUT2D eigenvalue weighted by Crippen LogP contribution is 2.28. The first kappa shape index (κ1) is 16.7. The Labute approximate surface area is 134 Å². The number of hydrogen-bond donors (Lipinski definition) is 2. The molecule has 23 heavy (non-hydrogen) atoms. The van der Waals surface area contributed by atoms with Gasteiger partial charge in [-0.3, -0.25) is 19.3 Å². The van der Waals surface area contributed by atoms with Gasteiger partial charge in [-0.2, -0.15) is 0 Å². The topological polar surface area (TPSA) is 95.6 Å². The maximum Gasteiger partial charge on any atom is 0.262 e. The van der Waals surface area contributed by atoms with Crippen molar-refractivity contribution in [3.05, 3.63) is 29.3 Å². The predicted octanol–water partition coefficient (Wildman–Crippen LogP) is 0.808. The van der Waals surface area contributed by atoms with E-state index in [1.807, 2.05) is 6.92 Å². The average Bonchev–Trinajstić information content (AvgIpc) is 2.80. The summed E-state index contributed by atoms with van der Waals surface area (Å²) in [6.07, 6.45) is 0.709. The smallest absolute Gasteiger partial charge is 0.262 e. The Kier molecular flexibility index (Phi) is 5.10. The number of rotatable bonds is 7. The van der Waals surface area contributed by atoms with Crippen LogP contribution in [-0.4, -0.2) is 48.5 Å². The molecule has 7 nitrogen and oxygen atoms in total. The predicted molar refractivity (Wildman–Crippen MR) is 84.3 cm³/mol. The van der Waals surface area contributed by atoms with Gasteiger partial charge in [0.15, 0.2) is 0 Å². The molecule has 2 N–H and O–H groups in total. The number of amides is 3. The van der Waals surface area contributed by atoms with Gasteiger partial charge in [0.05, 0.1) is 17.2 Å². The summed E-state index contributed by atoms with van der Waals surface area (Å²) < 4.78 is 0. The fourth-order valence-corrected chi connectivity index (χ4v) is 2.54. The SMILES string of the molecule is CCNc1ccc2c(c1)C(=O)N(C(C=O)CCC(=O)NC)C2=O. The summed E-state index contributed by atoms with van der Waals surface area (Å²) in [6.45, 7) is 2.61. The normalized spacial score (nSPS) is 14.4. The van der Waals surface area contributed by atoms with Crippen LogP contribution in [0.3, 0.4) is 0 Å². The van der Waals surface area contributed by atoms with E-state index in [2.05, 4.69) is 10.6 Å². The zero-order valence-corrected chi connectivity index (χ0v) is 13.1. The maximum absolute atomic E-state index is 12.5. The molecule has 7 heteroatoms. The summed E-state index contributed by atoms with van der Waals surface area (Å²) in [5, 5.41) is 5.52. The molecule has 1 heterocycles. The Morgan fingerprint density at radius 3 is 2.57 bits per heavy atom. The van der Waals surface area contributed by atoms with E-state index < -0.39 is 17.9 Å². The van der Waals surface area contributed by atoms with Crippen LogP contribution >= 0.6 is 0 Å². The molecule has 3 amide bonds. The van der Waals surface area contributed by atoms with E-state index in [9.17, 15) is 19.2 Å². The third-order valence-corrected chi connectivity index (χ3v) is 3.73. The summed E-state index contributed by atoms with van der Waals surface area (Å²) >= 11 is 0. The molecule has 1 unspecified atom stereocenters. The Balaban J connectivity index is 2.24. The monoisotopic (exact) mass is 317 g/mol. The van der Waals surface area contributed by atoms with Crippen molar-refractivity contribution in [1.29, 1.82) is 0 Å². The molecule has 0 aromatic heterocycles. The van der Waals surface area contributed by atoms with Crippen LogP contribution in [0.2, 0.25) is 0 Å². The molecule has 1 aromatic rings. The number of nitrogens with one attached hydrogen (secondary N) is 2.